The van der Waals surface area contributed by atoms with Crippen molar-refractivity contribution in [2.45, 2.75) is 0 Å². The van der Waals surface area contributed by atoms with Gasteiger partial charge in [0.05, 0.1) is 0 Å². The molecule has 0 bridgehead atoms. The number of nitrogens with zero attached hydrogens (tertiary/aromatic N) is 1. The summed E-state index contributed by atoms with van der Waals surface area (Å²) in [4.78, 5) is 24.3. The van der Waals surface area contributed by atoms with Crippen LogP contribution in [0.1, 0.15) is 20.7 Å². The normalized spacial score (nSPS) is 9.69. The Balaban J connectivity index is 3.24. The Labute approximate surface area is 94.2 Å². The first-order valence-electron chi connectivity index (χ1n) is 4.80. The van der Waals surface area contributed by atoms with Gasteiger partial charge in [-0.3, -0.25) is 9.59 Å². The average Bonchev–Trinajstić information content (AvgIpc) is 2.27. The molecule has 0 fully saturated rings. The molecule has 3 N–H and O–H groups in total. The maximum Gasteiger partial charge on any atom is 0.253 e. The number of hydrogen-bond donors (Lipinski definition) is 2. The van der Waals surface area contributed by atoms with Crippen molar-refractivity contribution < 1.29 is 9.59 Å². The van der Waals surface area contributed by atoms with Crippen LogP contribution in [0.2, 0.25) is 0 Å². The Bertz CT molecular complexity index is 427. The topological polar surface area (TPSA) is 75.4 Å². The van der Waals surface area contributed by atoms with Crippen LogP contribution in [0.3, 0.4) is 0 Å². The number of benzene rings is 1. The minimum absolute atomic E-state index is 0.167. The minimum Gasteiger partial charge on any atom is -0.388 e. The van der Waals surface area contributed by atoms with E-state index < -0.39 is 5.91 Å². The van der Waals surface area contributed by atoms with Crippen molar-refractivity contribution in [1.29, 1.82) is 0 Å². The van der Waals surface area contributed by atoms with E-state index in [-0.39, 0.29) is 5.91 Å². The zero-order chi connectivity index (χ0) is 12.3. The van der Waals surface area contributed by atoms with E-state index in [0.29, 0.717) is 16.8 Å². The third kappa shape index (κ3) is 2.50. The van der Waals surface area contributed by atoms with E-state index in [4.69, 9.17) is 5.73 Å². The molecule has 0 radical (unpaired) electrons. The highest BCUT2D eigenvalue weighted by molar-refractivity contribution is 6.00. The molecule has 1 aromatic carbocycles. The van der Waals surface area contributed by atoms with Crippen LogP contribution in [0.25, 0.3) is 0 Å². The summed E-state index contributed by atoms with van der Waals surface area (Å²) >= 11 is 0. The highest BCUT2D eigenvalue weighted by Gasteiger charge is 2.12. The predicted octanol–water partition coefficient (Wildman–Crippen LogP) is 0.529. The number of nitrogens with one attached hydrogen (secondary N) is 1. The van der Waals surface area contributed by atoms with E-state index in [9.17, 15) is 9.59 Å². The van der Waals surface area contributed by atoms with Crippen LogP contribution < -0.4 is 11.1 Å². The average molecular weight is 221 g/mol. The number of carbonyl (C=O) groups excluding carboxylic acids is 2. The van der Waals surface area contributed by atoms with Crippen molar-refractivity contribution in [1.82, 2.24) is 4.90 Å². The maximum absolute atomic E-state index is 11.7. The summed E-state index contributed by atoms with van der Waals surface area (Å²) in [7, 11) is 5.01. The van der Waals surface area contributed by atoms with E-state index in [1.54, 1.807) is 33.3 Å². The molecule has 0 aliphatic carbocycles. The Kier molecular flexibility index (Phi) is 3.50. The summed E-state index contributed by atoms with van der Waals surface area (Å²) in [6, 6.07) is 4.77. The molecule has 0 aromatic heterocycles. The number of rotatable bonds is 3. The number of anilines is 1. The summed E-state index contributed by atoms with van der Waals surface area (Å²) in [5.41, 5.74) is 6.63. The number of amides is 2. The van der Waals surface area contributed by atoms with Crippen LogP contribution >= 0.6 is 0 Å². The molecule has 2 amide bonds. The lowest BCUT2D eigenvalue weighted by atomic mass is 10.1. The largest absolute Gasteiger partial charge is 0.388 e. The van der Waals surface area contributed by atoms with E-state index in [1.165, 1.54) is 11.0 Å². The molecular weight excluding hydrogens is 206 g/mol. The van der Waals surface area contributed by atoms with Crippen molar-refractivity contribution >= 4 is 17.5 Å². The lowest BCUT2D eigenvalue weighted by molar-refractivity contribution is 0.0827. The van der Waals surface area contributed by atoms with Gasteiger partial charge in [0.15, 0.2) is 0 Å². The fourth-order valence-electron chi connectivity index (χ4n) is 1.30. The molecule has 5 nitrogen and oxygen atoms in total. The van der Waals surface area contributed by atoms with Gasteiger partial charge in [-0.1, -0.05) is 0 Å². The van der Waals surface area contributed by atoms with Gasteiger partial charge in [0.2, 0.25) is 5.91 Å². The smallest absolute Gasteiger partial charge is 0.253 e. The zero-order valence-corrected chi connectivity index (χ0v) is 9.57. The molecule has 0 heterocycles. The zero-order valence-electron chi connectivity index (χ0n) is 9.57. The second-order valence-electron chi connectivity index (χ2n) is 3.61. The molecule has 86 valence electrons. The Hall–Kier alpha value is -2.04. The highest BCUT2D eigenvalue weighted by atomic mass is 16.2. The van der Waals surface area contributed by atoms with Gasteiger partial charge in [-0.05, 0) is 18.2 Å². The van der Waals surface area contributed by atoms with Crippen molar-refractivity contribution in [3.05, 3.63) is 29.3 Å². The number of primary amides is 1. The first-order chi connectivity index (χ1) is 7.45. The van der Waals surface area contributed by atoms with Gasteiger partial charge in [-0.25, -0.2) is 0 Å². The number of nitrogens with two attached hydrogens (primary N) is 1. The summed E-state index contributed by atoms with van der Waals surface area (Å²) in [6.07, 6.45) is 0. The van der Waals surface area contributed by atoms with Crippen LogP contribution in [0.4, 0.5) is 5.69 Å². The maximum atomic E-state index is 11.7. The molecule has 0 saturated heterocycles. The molecule has 1 rings (SSSR count). The summed E-state index contributed by atoms with van der Waals surface area (Å²) < 4.78 is 0. The molecule has 1 aromatic rings. The third-order valence-electron chi connectivity index (χ3n) is 2.16. The first kappa shape index (κ1) is 12.0. The van der Waals surface area contributed by atoms with Gasteiger partial charge in [0.1, 0.15) is 0 Å². The lowest BCUT2D eigenvalue weighted by Gasteiger charge is -2.12. The summed E-state index contributed by atoms with van der Waals surface area (Å²) in [5.74, 6) is -0.718. The second kappa shape index (κ2) is 4.65. The van der Waals surface area contributed by atoms with Gasteiger partial charge in [-0.15, -0.1) is 0 Å². The molecule has 0 aliphatic rings. The van der Waals surface area contributed by atoms with Gasteiger partial charge >= 0.3 is 0 Å². The fourth-order valence-corrected chi connectivity index (χ4v) is 1.30. The second-order valence-corrected chi connectivity index (χ2v) is 3.61. The predicted molar refractivity (Wildman–Crippen MR) is 62.5 cm³/mol. The van der Waals surface area contributed by atoms with E-state index in [0.717, 1.165) is 0 Å². The first-order valence-corrected chi connectivity index (χ1v) is 4.80. The van der Waals surface area contributed by atoms with Crippen LogP contribution in [0, 0.1) is 0 Å². The molecule has 0 saturated carbocycles. The van der Waals surface area contributed by atoms with E-state index >= 15 is 0 Å². The molecular formula is C11H15N3O2. The van der Waals surface area contributed by atoms with Crippen molar-refractivity contribution in [3.63, 3.8) is 0 Å². The van der Waals surface area contributed by atoms with Crippen LogP contribution in [0.5, 0.6) is 0 Å². The van der Waals surface area contributed by atoms with Gasteiger partial charge < -0.3 is 16.0 Å². The Morgan fingerprint density at radius 2 is 1.75 bits per heavy atom. The molecule has 0 aliphatic heterocycles. The monoisotopic (exact) mass is 221 g/mol. The van der Waals surface area contributed by atoms with Crippen LogP contribution in [0.15, 0.2) is 18.2 Å². The molecule has 0 spiro atoms. The van der Waals surface area contributed by atoms with Crippen molar-refractivity contribution in [3.8, 4) is 0 Å². The highest BCUT2D eigenvalue weighted by Crippen LogP contribution is 2.15. The molecule has 5 heteroatoms. The Morgan fingerprint density at radius 1 is 1.19 bits per heavy atom. The Morgan fingerprint density at radius 3 is 2.19 bits per heavy atom. The summed E-state index contributed by atoms with van der Waals surface area (Å²) in [6.45, 7) is 0. The standard InChI is InChI=1S/C11H15N3O2/c1-13-9-5-7(10(12)15)4-8(6-9)11(16)14(2)3/h4-6,13H,1-3H3,(H2,12,15). The molecule has 0 atom stereocenters. The van der Waals surface area contributed by atoms with Crippen LogP contribution in [-0.4, -0.2) is 37.9 Å². The SMILES string of the molecule is CNc1cc(C(N)=O)cc(C(=O)N(C)C)c1. The fraction of sp³-hybridized carbons (Fsp3) is 0.273. The molecule has 0 unspecified atom stereocenters. The third-order valence-corrected chi connectivity index (χ3v) is 2.16. The van der Waals surface area contributed by atoms with Gasteiger partial charge in [0.25, 0.3) is 5.91 Å². The molecule has 16 heavy (non-hydrogen) atoms. The minimum atomic E-state index is -0.551. The van der Waals surface area contributed by atoms with Gasteiger partial charge in [-0.2, -0.15) is 0 Å². The van der Waals surface area contributed by atoms with Gasteiger partial charge in [0, 0.05) is 38.0 Å². The van der Waals surface area contributed by atoms with Crippen molar-refractivity contribution in [2.24, 2.45) is 5.73 Å². The number of carbonyl (C=O) groups is 2. The summed E-state index contributed by atoms with van der Waals surface area (Å²) in [5, 5.41) is 2.88. The lowest BCUT2D eigenvalue weighted by Crippen LogP contribution is -2.22. The quantitative estimate of drug-likeness (QED) is 0.781. The van der Waals surface area contributed by atoms with Crippen LogP contribution in [-0.2, 0) is 0 Å². The van der Waals surface area contributed by atoms with E-state index in [2.05, 4.69) is 5.32 Å². The van der Waals surface area contributed by atoms with Crippen molar-refractivity contribution in [2.75, 3.05) is 26.5 Å². The van der Waals surface area contributed by atoms with E-state index in [1.807, 2.05) is 0 Å². The number of hydrogen-bond acceptors (Lipinski definition) is 3.